The molecular weight excluding hydrogens is 350 g/mol. The highest BCUT2D eigenvalue weighted by molar-refractivity contribution is 5.93. The maximum Gasteiger partial charge on any atom is 0.166 e. The highest BCUT2D eigenvalue weighted by atomic mass is 16.1. The van der Waals surface area contributed by atoms with Gasteiger partial charge in [-0.1, -0.05) is 26.0 Å². The summed E-state index contributed by atoms with van der Waals surface area (Å²) < 4.78 is 0. The van der Waals surface area contributed by atoms with E-state index in [2.05, 4.69) is 48.6 Å². The third kappa shape index (κ3) is 7.76. The summed E-state index contributed by atoms with van der Waals surface area (Å²) in [7, 11) is 2.12. The van der Waals surface area contributed by atoms with Crippen LogP contribution in [-0.2, 0) is 9.59 Å². The number of rotatable bonds is 4. The number of carbonyl (C=O) groups is 2. The molecule has 0 spiro atoms. The molecule has 0 aromatic rings. The monoisotopic (exact) mass is 393 g/mol. The molecule has 0 radical (unpaired) electrons. The fourth-order valence-electron chi connectivity index (χ4n) is 4.08. The zero-order valence-electron chi connectivity index (χ0n) is 19.2. The number of carbonyl (C=O) groups excluding carboxylic acids is 2. The molecule has 0 aromatic heterocycles. The smallest absolute Gasteiger partial charge is 0.166 e. The summed E-state index contributed by atoms with van der Waals surface area (Å²) in [4.78, 5) is 28.4. The summed E-state index contributed by atoms with van der Waals surface area (Å²) in [6.07, 6.45) is 8.79. The second-order valence-electron chi connectivity index (χ2n) is 9.49. The molecule has 162 valence electrons. The summed E-state index contributed by atoms with van der Waals surface area (Å²) in [6.45, 7) is 14.1. The summed E-state index contributed by atoms with van der Waals surface area (Å²) in [5.74, 6) is 0.269. The van der Waals surface area contributed by atoms with E-state index in [1.807, 2.05) is 27.7 Å². The normalized spacial score (nSPS) is 30.8. The van der Waals surface area contributed by atoms with Gasteiger partial charge in [0.15, 0.2) is 11.6 Å². The van der Waals surface area contributed by atoms with Crippen molar-refractivity contribution >= 4 is 11.6 Å². The van der Waals surface area contributed by atoms with Crippen molar-refractivity contribution in [3.05, 3.63) is 12.2 Å². The van der Waals surface area contributed by atoms with E-state index in [4.69, 9.17) is 0 Å². The van der Waals surface area contributed by atoms with Gasteiger partial charge < -0.3 is 10.2 Å². The molecule has 2 N–H and O–H groups in total. The van der Waals surface area contributed by atoms with Gasteiger partial charge in [-0.25, -0.2) is 0 Å². The zero-order chi connectivity index (χ0) is 21.4. The Morgan fingerprint density at radius 3 is 2.43 bits per heavy atom. The molecule has 0 bridgehead atoms. The standard InChI is InChI=1S/C23H43N3O2/c1-18(2)21(28)23(6)13-10-8-9-11-15-26(7)16-12-14-22(5,25-19(3)4)20(27)17-24-23/h9,11,18-19,24-25H,8,10,12-17H2,1-7H3/b11-9+/t22-,23+/m1/s1. The van der Waals surface area contributed by atoms with Gasteiger partial charge in [0.1, 0.15) is 0 Å². The Labute approximate surface area is 172 Å². The Hall–Kier alpha value is -1.04. The molecule has 1 heterocycles. The van der Waals surface area contributed by atoms with Crippen LogP contribution < -0.4 is 10.6 Å². The van der Waals surface area contributed by atoms with Gasteiger partial charge in [0.25, 0.3) is 0 Å². The van der Waals surface area contributed by atoms with E-state index < -0.39 is 11.1 Å². The van der Waals surface area contributed by atoms with Crippen LogP contribution in [0.1, 0.15) is 73.6 Å². The summed E-state index contributed by atoms with van der Waals surface area (Å²) in [6, 6.07) is 0.223. The van der Waals surface area contributed by atoms with Crippen LogP contribution in [0.3, 0.4) is 0 Å². The van der Waals surface area contributed by atoms with Gasteiger partial charge in [-0.2, -0.15) is 0 Å². The number of hydrogen-bond donors (Lipinski definition) is 2. The molecule has 0 fully saturated rings. The lowest BCUT2D eigenvalue weighted by molar-refractivity contribution is -0.129. The molecule has 0 aromatic carbocycles. The van der Waals surface area contributed by atoms with E-state index in [9.17, 15) is 9.59 Å². The molecule has 0 saturated carbocycles. The van der Waals surface area contributed by atoms with Gasteiger partial charge >= 0.3 is 0 Å². The maximum atomic E-state index is 13.2. The van der Waals surface area contributed by atoms with Crippen molar-refractivity contribution in [2.24, 2.45) is 5.92 Å². The van der Waals surface area contributed by atoms with Gasteiger partial charge in [0, 0.05) is 18.5 Å². The maximum absolute atomic E-state index is 13.2. The van der Waals surface area contributed by atoms with Crippen LogP contribution >= 0.6 is 0 Å². The molecule has 28 heavy (non-hydrogen) atoms. The predicted molar refractivity (Wildman–Crippen MR) is 118 cm³/mol. The van der Waals surface area contributed by atoms with E-state index in [0.717, 1.165) is 45.2 Å². The van der Waals surface area contributed by atoms with Gasteiger partial charge in [-0.15, -0.1) is 0 Å². The van der Waals surface area contributed by atoms with Crippen molar-refractivity contribution in [2.45, 2.75) is 90.8 Å². The van der Waals surface area contributed by atoms with Crippen molar-refractivity contribution in [3.63, 3.8) is 0 Å². The van der Waals surface area contributed by atoms with Gasteiger partial charge in [-0.3, -0.25) is 14.9 Å². The first-order chi connectivity index (χ1) is 13.0. The summed E-state index contributed by atoms with van der Waals surface area (Å²) >= 11 is 0. The van der Waals surface area contributed by atoms with Crippen LogP contribution in [-0.4, -0.2) is 60.3 Å². The number of ketones is 2. The molecule has 0 unspecified atom stereocenters. The lowest BCUT2D eigenvalue weighted by Gasteiger charge is -2.35. The van der Waals surface area contributed by atoms with Crippen LogP contribution in [0.15, 0.2) is 12.2 Å². The molecule has 0 amide bonds. The molecule has 0 aliphatic carbocycles. The van der Waals surface area contributed by atoms with Gasteiger partial charge in [-0.05, 0) is 73.4 Å². The van der Waals surface area contributed by atoms with Gasteiger partial charge in [0.05, 0.1) is 17.6 Å². The highest BCUT2D eigenvalue weighted by Crippen LogP contribution is 2.22. The van der Waals surface area contributed by atoms with E-state index in [0.29, 0.717) is 0 Å². The number of hydrogen-bond acceptors (Lipinski definition) is 5. The zero-order valence-corrected chi connectivity index (χ0v) is 19.2. The molecule has 1 aliphatic heterocycles. The first kappa shape index (κ1) is 25.0. The van der Waals surface area contributed by atoms with Crippen molar-refractivity contribution in [3.8, 4) is 0 Å². The van der Waals surface area contributed by atoms with Crippen molar-refractivity contribution in [2.75, 3.05) is 26.7 Å². The van der Waals surface area contributed by atoms with Crippen molar-refractivity contribution in [1.82, 2.24) is 15.5 Å². The lowest BCUT2D eigenvalue weighted by atomic mass is 9.83. The first-order valence-electron chi connectivity index (χ1n) is 10.9. The minimum absolute atomic E-state index is 0.0564. The van der Waals surface area contributed by atoms with Crippen LogP contribution in [0.2, 0.25) is 0 Å². The molecule has 2 atom stereocenters. The topological polar surface area (TPSA) is 61.4 Å². The SMILES string of the molecule is CC(C)N[C@]1(C)CCCN(C)C/C=C/CCC[C@@](C)(C(=O)C(C)C)NCC1=O. The van der Waals surface area contributed by atoms with Crippen LogP contribution in [0.4, 0.5) is 0 Å². The van der Waals surface area contributed by atoms with E-state index in [-0.39, 0.29) is 30.1 Å². The number of allylic oxidation sites excluding steroid dienone is 1. The van der Waals surface area contributed by atoms with Crippen LogP contribution in [0.25, 0.3) is 0 Å². The Kier molecular flexibility index (Phi) is 10.0. The molecule has 0 saturated heterocycles. The Bertz CT molecular complexity index is 544. The number of Topliss-reactive ketones (excluding diaryl/α,β-unsaturated/α-hetero) is 2. The third-order valence-corrected chi connectivity index (χ3v) is 5.78. The second-order valence-corrected chi connectivity index (χ2v) is 9.49. The van der Waals surface area contributed by atoms with Crippen molar-refractivity contribution < 1.29 is 9.59 Å². The molecule has 1 rings (SSSR count). The lowest BCUT2D eigenvalue weighted by Crippen LogP contribution is -2.59. The first-order valence-corrected chi connectivity index (χ1v) is 10.9. The number of nitrogens with zero attached hydrogens (tertiary/aromatic N) is 1. The van der Waals surface area contributed by atoms with Gasteiger partial charge in [0.2, 0.25) is 0 Å². The molecule has 1 aliphatic rings. The second kappa shape index (κ2) is 11.2. The Morgan fingerprint density at radius 1 is 1.14 bits per heavy atom. The predicted octanol–water partition coefficient (Wildman–Crippen LogP) is 3.34. The fourth-order valence-corrected chi connectivity index (χ4v) is 4.08. The van der Waals surface area contributed by atoms with E-state index >= 15 is 0 Å². The summed E-state index contributed by atoms with van der Waals surface area (Å²) in [5, 5.41) is 6.85. The fraction of sp³-hybridized carbons (Fsp3) is 0.826. The van der Waals surface area contributed by atoms with E-state index in [1.54, 1.807) is 0 Å². The minimum Gasteiger partial charge on any atom is -0.303 e. The molecule has 5 heteroatoms. The largest absolute Gasteiger partial charge is 0.303 e. The van der Waals surface area contributed by atoms with E-state index in [1.165, 1.54) is 0 Å². The third-order valence-electron chi connectivity index (χ3n) is 5.78. The highest BCUT2D eigenvalue weighted by Gasteiger charge is 2.37. The number of nitrogens with one attached hydrogen (secondary N) is 2. The average molecular weight is 394 g/mol. The molecule has 5 nitrogen and oxygen atoms in total. The minimum atomic E-state index is -0.659. The Balaban J connectivity index is 3.06. The summed E-state index contributed by atoms with van der Waals surface area (Å²) in [5.41, 5.74) is -1.24. The van der Waals surface area contributed by atoms with Crippen molar-refractivity contribution in [1.29, 1.82) is 0 Å². The average Bonchev–Trinajstić information content (AvgIpc) is 2.60. The number of likely N-dealkylation sites (N-methyl/N-ethyl adjacent to an activating group) is 1. The quantitative estimate of drug-likeness (QED) is 0.718. The van der Waals surface area contributed by atoms with Crippen LogP contribution in [0, 0.1) is 5.92 Å². The van der Waals surface area contributed by atoms with Crippen LogP contribution in [0.5, 0.6) is 0 Å². The molecular formula is C23H43N3O2. The Morgan fingerprint density at radius 2 is 1.82 bits per heavy atom.